The maximum absolute atomic E-state index is 13.0. The summed E-state index contributed by atoms with van der Waals surface area (Å²) in [4.78, 5) is 3.83. The highest BCUT2D eigenvalue weighted by atomic mass is 31.1. The van der Waals surface area contributed by atoms with Gasteiger partial charge in [0.25, 0.3) is 0 Å². The average molecular weight is 317 g/mol. The van der Waals surface area contributed by atoms with Gasteiger partial charge in [0.2, 0.25) is 0 Å². The molecule has 1 aromatic rings. The van der Waals surface area contributed by atoms with Crippen molar-refractivity contribution in [2.75, 3.05) is 0 Å². The van der Waals surface area contributed by atoms with Crippen molar-refractivity contribution in [1.29, 1.82) is 0 Å². The minimum Gasteiger partial charge on any atom is -0.261 e. The lowest BCUT2D eigenvalue weighted by Crippen LogP contribution is -2.09. The van der Waals surface area contributed by atoms with Crippen molar-refractivity contribution in [2.24, 2.45) is 4.99 Å². The van der Waals surface area contributed by atoms with Crippen molar-refractivity contribution in [3.63, 3.8) is 0 Å². The summed E-state index contributed by atoms with van der Waals surface area (Å²) in [6.45, 7) is 6.60. The number of allylic oxidation sites excluding steroid dienone is 2. The maximum Gasteiger partial charge on any atom is 0.417 e. The molecule has 0 aliphatic carbocycles. The molecule has 6 heteroatoms. The Balaban J connectivity index is 2.73. The molecule has 1 rings (SSSR count). The first-order chi connectivity index (χ1) is 9.74. The van der Waals surface area contributed by atoms with Crippen LogP contribution < -0.4 is 0 Å². The van der Waals surface area contributed by atoms with E-state index in [0.717, 1.165) is 23.4 Å². The van der Waals surface area contributed by atoms with Crippen LogP contribution in [0.2, 0.25) is 0 Å². The Morgan fingerprint density at radius 1 is 1.38 bits per heavy atom. The number of halogens is 4. The van der Waals surface area contributed by atoms with Crippen LogP contribution in [-0.4, -0.2) is 11.6 Å². The van der Waals surface area contributed by atoms with Crippen molar-refractivity contribution in [3.05, 3.63) is 59.6 Å². The van der Waals surface area contributed by atoms with Gasteiger partial charge in [-0.2, -0.15) is 13.2 Å². The third kappa shape index (κ3) is 5.80. The number of hydrogen-bond acceptors (Lipinski definition) is 1. The molecule has 0 saturated heterocycles. The summed E-state index contributed by atoms with van der Waals surface area (Å²) in [5, 5.41) is 0. The van der Waals surface area contributed by atoms with Crippen LogP contribution in [0.1, 0.15) is 18.1 Å². The van der Waals surface area contributed by atoms with E-state index in [1.807, 2.05) is 0 Å². The molecule has 1 nitrogen and oxygen atoms in total. The molecule has 0 radical (unpaired) electrons. The van der Waals surface area contributed by atoms with E-state index in [0.29, 0.717) is 11.6 Å². The van der Waals surface area contributed by atoms with Crippen molar-refractivity contribution >= 4 is 14.0 Å². The number of aryl methyl sites for hydroxylation is 1. The molecule has 0 bridgehead atoms. The highest BCUT2D eigenvalue weighted by Gasteiger charge is 2.31. The molecule has 1 atom stereocenters. The second-order valence-corrected chi connectivity index (χ2v) is 5.86. The molecule has 0 spiro atoms. The summed E-state index contributed by atoms with van der Waals surface area (Å²) >= 11 is 0. The first-order valence-electron chi connectivity index (χ1n) is 6.17. The van der Waals surface area contributed by atoms with Gasteiger partial charge in [0.15, 0.2) is 0 Å². The van der Waals surface area contributed by atoms with E-state index in [-0.39, 0.29) is 14.4 Å². The molecule has 1 aromatic carbocycles. The van der Waals surface area contributed by atoms with Crippen LogP contribution in [0.4, 0.5) is 17.6 Å². The lowest BCUT2D eigenvalue weighted by atomic mass is 10.1. The second kappa shape index (κ2) is 7.51. The lowest BCUT2D eigenvalue weighted by molar-refractivity contribution is -0.0883. The fraction of sp³-hybridized carbons (Fsp3) is 0.267. The summed E-state index contributed by atoms with van der Waals surface area (Å²) in [5.41, 5.74) is 1.52. The maximum atomic E-state index is 13.0. The molecule has 0 N–H and O–H groups in total. The van der Waals surface area contributed by atoms with E-state index in [4.69, 9.17) is 0 Å². The minimum atomic E-state index is -4.44. The summed E-state index contributed by atoms with van der Waals surface area (Å²) in [6.07, 6.45) is -2.29. The van der Waals surface area contributed by atoms with Gasteiger partial charge >= 0.3 is 6.18 Å². The normalized spacial score (nSPS) is 14.0. The van der Waals surface area contributed by atoms with E-state index < -0.39 is 11.7 Å². The molecule has 114 valence electrons. The fourth-order valence-electron chi connectivity index (χ4n) is 1.53. The SMILES string of the molecule is C=C/C(=C\N=C(C)PCc1ccc(F)cc1C)C(F)(F)F. The Kier molecular flexibility index (Phi) is 6.28. The van der Waals surface area contributed by atoms with Crippen LogP contribution in [0.25, 0.3) is 0 Å². The van der Waals surface area contributed by atoms with Crippen LogP contribution in [0.3, 0.4) is 0 Å². The Bertz CT molecular complexity index is 574. The Labute approximate surface area is 123 Å². The van der Waals surface area contributed by atoms with Crippen LogP contribution in [0.5, 0.6) is 0 Å². The highest BCUT2D eigenvalue weighted by molar-refractivity contribution is 7.57. The van der Waals surface area contributed by atoms with Gasteiger partial charge in [0.05, 0.1) is 5.57 Å². The Hall–Kier alpha value is -1.48. The number of aliphatic imine (C=N–C) groups is 1. The zero-order valence-electron chi connectivity index (χ0n) is 11.8. The van der Waals surface area contributed by atoms with Crippen molar-refractivity contribution in [2.45, 2.75) is 26.2 Å². The van der Waals surface area contributed by atoms with Gasteiger partial charge in [0.1, 0.15) is 5.82 Å². The third-order valence-electron chi connectivity index (χ3n) is 2.78. The highest BCUT2D eigenvalue weighted by Crippen LogP contribution is 2.27. The first-order valence-corrected chi connectivity index (χ1v) is 7.38. The van der Waals surface area contributed by atoms with E-state index in [9.17, 15) is 17.6 Å². The summed E-state index contributed by atoms with van der Waals surface area (Å²) in [7, 11) is 0.242. The van der Waals surface area contributed by atoms with E-state index in [1.54, 1.807) is 19.9 Å². The van der Waals surface area contributed by atoms with Crippen molar-refractivity contribution < 1.29 is 17.6 Å². The smallest absolute Gasteiger partial charge is 0.261 e. The summed E-state index contributed by atoms with van der Waals surface area (Å²) in [5.74, 6) is -0.297. The molecular formula is C15H16F4NP. The molecule has 0 heterocycles. The predicted octanol–water partition coefficient (Wildman–Crippen LogP) is 5.36. The van der Waals surface area contributed by atoms with Crippen LogP contribution >= 0.6 is 8.58 Å². The molecule has 0 saturated carbocycles. The van der Waals surface area contributed by atoms with Gasteiger partial charge in [-0.25, -0.2) is 4.39 Å². The zero-order chi connectivity index (χ0) is 16.0. The fourth-order valence-corrected chi connectivity index (χ4v) is 2.53. The third-order valence-corrected chi connectivity index (χ3v) is 3.98. The van der Waals surface area contributed by atoms with Gasteiger partial charge in [0, 0.05) is 11.7 Å². The van der Waals surface area contributed by atoms with Crippen LogP contribution in [0, 0.1) is 12.7 Å². The molecule has 0 amide bonds. The van der Waals surface area contributed by atoms with Crippen molar-refractivity contribution in [3.8, 4) is 0 Å². The topological polar surface area (TPSA) is 12.4 Å². The standard InChI is InChI=1S/C15H16F4NP/c1-4-13(15(17,18)19)8-20-11(3)21-9-12-5-6-14(16)7-10(12)2/h4-8,21H,1,9H2,2-3H3/b13-8+,20-11?. The first kappa shape index (κ1) is 17.6. The van der Waals surface area contributed by atoms with E-state index in [1.165, 1.54) is 12.1 Å². The Morgan fingerprint density at radius 2 is 2.05 bits per heavy atom. The number of hydrogen-bond donors (Lipinski definition) is 0. The summed E-state index contributed by atoms with van der Waals surface area (Å²) < 4.78 is 50.4. The Morgan fingerprint density at radius 3 is 2.57 bits per heavy atom. The number of rotatable bonds is 5. The molecule has 0 aromatic heterocycles. The van der Waals surface area contributed by atoms with Crippen LogP contribution in [0.15, 0.2) is 47.6 Å². The summed E-state index contributed by atoms with van der Waals surface area (Å²) in [6, 6.07) is 4.50. The van der Waals surface area contributed by atoms with Gasteiger partial charge in [-0.05, 0) is 43.3 Å². The molecule has 0 fully saturated rings. The number of benzene rings is 1. The molecular weight excluding hydrogens is 301 g/mol. The predicted molar refractivity (Wildman–Crippen MR) is 80.6 cm³/mol. The van der Waals surface area contributed by atoms with E-state index >= 15 is 0 Å². The minimum absolute atomic E-state index is 0.242. The van der Waals surface area contributed by atoms with Gasteiger partial charge in [-0.1, -0.05) is 27.3 Å². The average Bonchev–Trinajstić information content (AvgIpc) is 2.36. The zero-order valence-corrected chi connectivity index (χ0v) is 12.8. The van der Waals surface area contributed by atoms with Gasteiger partial charge < -0.3 is 0 Å². The monoisotopic (exact) mass is 317 g/mol. The van der Waals surface area contributed by atoms with Crippen molar-refractivity contribution in [1.82, 2.24) is 0 Å². The molecule has 1 unspecified atom stereocenters. The molecule has 21 heavy (non-hydrogen) atoms. The largest absolute Gasteiger partial charge is 0.417 e. The lowest BCUT2D eigenvalue weighted by Gasteiger charge is -2.07. The second-order valence-electron chi connectivity index (χ2n) is 4.43. The van der Waals surface area contributed by atoms with Gasteiger partial charge in [-0.3, -0.25) is 4.99 Å². The molecule has 0 aliphatic rings. The quantitative estimate of drug-likeness (QED) is 0.300. The van der Waals surface area contributed by atoms with E-state index in [2.05, 4.69) is 11.6 Å². The molecule has 0 aliphatic heterocycles. The number of nitrogens with zero attached hydrogens (tertiary/aromatic N) is 1. The van der Waals surface area contributed by atoms with Gasteiger partial charge in [-0.15, -0.1) is 0 Å². The number of alkyl halides is 3. The van der Waals surface area contributed by atoms with Crippen LogP contribution in [-0.2, 0) is 6.16 Å².